The van der Waals surface area contributed by atoms with E-state index in [1.54, 1.807) is 12.1 Å². The van der Waals surface area contributed by atoms with E-state index < -0.39 is 4.92 Å². The van der Waals surface area contributed by atoms with Gasteiger partial charge in [0.2, 0.25) is 0 Å². The molecular weight excluding hydrogens is 380 g/mol. The minimum Gasteiger partial charge on any atom is -0.357 e. The van der Waals surface area contributed by atoms with Gasteiger partial charge in [0.15, 0.2) is 0 Å². The van der Waals surface area contributed by atoms with Crippen LogP contribution in [0.15, 0.2) is 72.8 Å². The van der Waals surface area contributed by atoms with E-state index in [-0.39, 0.29) is 5.69 Å². The normalized spacial score (nSPS) is 10.9. The van der Waals surface area contributed by atoms with E-state index >= 15 is 0 Å². The highest BCUT2D eigenvalue weighted by atomic mass is 16.6. The number of nitro groups is 1. The van der Waals surface area contributed by atoms with Crippen LogP contribution in [0.1, 0.15) is 25.0 Å². The Morgan fingerprint density at radius 1 is 0.900 bits per heavy atom. The maximum Gasteiger partial charge on any atom is 0.269 e. The molecule has 0 saturated carbocycles. The molecule has 0 N–H and O–H groups in total. The summed E-state index contributed by atoms with van der Waals surface area (Å²) in [5.41, 5.74) is 4.90. The van der Waals surface area contributed by atoms with Crippen LogP contribution in [0.2, 0.25) is 0 Å². The standard InChI is InChI=1S/C24H28N2O4/c1-19(2)15-29-17-25(18-30-16-20(3)4)23-11-7-21(8-12-23)5-6-22-9-13-24(14-10-22)26(27)28/h5-14H,1,3,15-18H2,2,4H3/b6-5+. The highest BCUT2D eigenvalue weighted by Gasteiger charge is 2.07. The molecule has 0 amide bonds. The Kier molecular flexibility index (Phi) is 9.00. The summed E-state index contributed by atoms with van der Waals surface area (Å²) in [6, 6.07) is 14.5. The van der Waals surface area contributed by atoms with E-state index in [0.717, 1.165) is 28.0 Å². The largest absolute Gasteiger partial charge is 0.357 e. The van der Waals surface area contributed by atoms with Gasteiger partial charge in [0.1, 0.15) is 13.5 Å². The summed E-state index contributed by atoms with van der Waals surface area (Å²) < 4.78 is 11.4. The molecule has 0 radical (unpaired) electrons. The number of benzene rings is 2. The van der Waals surface area contributed by atoms with Crippen LogP contribution < -0.4 is 4.90 Å². The summed E-state index contributed by atoms with van der Waals surface area (Å²) in [5, 5.41) is 10.7. The van der Waals surface area contributed by atoms with Gasteiger partial charge in [-0.1, -0.05) is 48.6 Å². The van der Waals surface area contributed by atoms with Crippen molar-refractivity contribution in [3.8, 4) is 0 Å². The number of nitro benzene ring substituents is 1. The van der Waals surface area contributed by atoms with Gasteiger partial charge in [0.05, 0.1) is 18.1 Å². The SMILES string of the molecule is C=C(C)COCN(COCC(=C)C)c1ccc(/C=C/c2ccc([N+](=O)[O-])cc2)cc1. The van der Waals surface area contributed by atoms with Gasteiger partial charge < -0.3 is 14.4 Å². The monoisotopic (exact) mass is 408 g/mol. The summed E-state index contributed by atoms with van der Waals surface area (Å²) in [5.74, 6) is 0. The van der Waals surface area contributed by atoms with Crippen molar-refractivity contribution in [2.75, 3.05) is 31.6 Å². The summed E-state index contributed by atoms with van der Waals surface area (Å²) in [4.78, 5) is 12.3. The predicted octanol–water partition coefficient (Wildman–Crippen LogP) is 5.67. The lowest BCUT2D eigenvalue weighted by Crippen LogP contribution is -2.29. The summed E-state index contributed by atoms with van der Waals surface area (Å²) in [6.45, 7) is 13.3. The van der Waals surface area contributed by atoms with Crippen LogP contribution in [0.3, 0.4) is 0 Å². The molecule has 0 bridgehead atoms. The molecule has 0 saturated heterocycles. The molecule has 0 heterocycles. The average Bonchev–Trinajstić information content (AvgIpc) is 2.71. The van der Waals surface area contributed by atoms with Gasteiger partial charge in [-0.2, -0.15) is 0 Å². The zero-order valence-electron chi connectivity index (χ0n) is 17.5. The van der Waals surface area contributed by atoms with E-state index in [9.17, 15) is 10.1 Å². The Labute approximate surface area is 177 Å². The first kappa shape index (κ1) is 23.1. The summed E-state index contributed by atoms with van der Waals surface area (Å²) in [7, 11) is 0. The molecule has 2 rings (SSSR count). The molecule has 30 heavy (non-hydrogen) atoms. The molecule has 2 aromatic rings. The minimum absolute atomic E-state index is 0.0827. The van der Waals surface area contributed by atoms with E-state index in [2.05, 4.69) is 13.2 Å². The lowest BCUT2D eigenvalue weighted by molar-refractivity contribution is -0.384. The Balaban J connectivity index is 2.03. The Morgan fingerprint density at radius 2 is 1.33 bits per heavy atom. The minimum atomic E-state index is -0.405. The van der Waals surface area contributed by atoms with Gasteiger partial charge in [-0.25, -0.2) is 0 Å². The van der Waals surface area contributed by atoms with Crippen molar-refractivity contribution in [2.24, 2.45) is 0 Å². The Hall–Kier alpha value is -3.22. The maximum absolute atomic E-state index is 10.7. The Bertz CT molecular complexity index is 866. The average molecular weight is 408 g/mol. The lowest BCUT2D eigenvalue weighted by atomic mass is 10.1. The topological polar surface area (TPSA) is 64.8 Å². The van der Waals surface area contributed by atoms with Crippen LogP contribution in [0.25, 0.3) is 12.2 Å². The van der Waals surface area contributed by atoms with E-state index in [1.807, 2.05) is 55.2 Å². The second-order valence-electron chi connectivity index (χ2n) is 7.18. The smallest absolute Gasteiger partial charge is 0.269 e. The fraction of sp³-hybridized carbons (Fsp3) is 0.250. The van der Waals surface area contributed by atoms with Crippen molar-refractivity contribution in [1.29, 1.82) is 0 Å². The third kappa shape index (κ3) is 8.03. The maximum atomic E-state index is 10.7. The number of nitrogens with zero attached hydrogens (tertiary/aromatic N) is 2. The third-order valence-corrected chi connectivity index (χ3v) is 4.02. The first-order valence-electron chi connectivity index (χ1n) is 9.57. The second-order valence-corrected chi connectivity index (χ2v) is 7.18. The molecule has 158 valence electrons. The molecule has 6 heteroatoms. The van der Waals surface area contributed by atoms with Crippen LogP contribution in [0.5, 0.6) is 0 Å². The fourth-order valence-corrected chi connectivity index (χ4v) is 2.54. The molecule has 0 fully saturated rings. The summed E-state index contributed by atoms with van der Waals surface area (Å²) >= 11 is 0. The van der Waals surface area contributed by atoms with Gasteiger partial charge in [-0.15, -0.1) is 0 Å². The molecule has 0 spiro atoms. The van der Waals surface area contributed by atoms with Crippen molar-refractivity contribution >= 4 is 23.5 Å². The van der Waals surface area contributed by atoms with Gasteiger partial charge in [-0.3, -0.25) is 10.1 Å². The number of hydrogen-bond donors (Lipinski definition) is 0. The third-order valence-electron chi connectivity index (χ3n) is 4.02. The van der Waals surface area contributed by atoms with Crippen LogP contribution in [-0.2, 0) is 9.47 Å². The van der Waals surface area contributed by atoms with Crippen molar-refractivity contribution in [1.82, 2.24) is 0 Å². The molecule has 0 atom stereocenters. The zero-order chi connectivity index (χ0) is 21.9. The van der Waals surface area contributed by atoms with Crippen molar-refractivity contribution < 1.29 is 14.4 Å². The van der Waals surface area contributed by atoms with Crippen LogP contribution in [0.4, 0.5) is 11.4 Å². The van der Waals surface area contributed by atoms with Crippen LogP contribution >= 0.6 is 0 Å². The van der Waals surface area contributed by atoms with Crippen molar-refractivity contribution in [2.45, 2.75) is 13.8 Å². The van der Waals surface area contributed by atoms with Gasteiger partial charge in [0.25, 0.3) is 5.69 Å². The first-order valence-corrected chi connectivity index (χ1v) is 9.57. The molecule has 0 unspecified atom stereocenters. The number of anilines is 1. The van der Waals surface area contributed by atoms with E-state index in [0.29, 0.717) is 26.7 Å². The Morgan fingerprint density at radius 3 is 1.73 bits per heavy atom. The zero-order valence-corrected chi connectivity index (χ0v) is 17.5. The first-order chi connectivity index (χ1) is 14.3. The molecule has 0 aliphatic rings. The van der Waals surface area contributed by atoms with Gasteiger partial charge in [-0.05, 0) is 49.2 Å². The van der Waals surface area contributed by atoms with Crippen LogP contribution in [0, 0.1) is 10.1 Å². The van der Waals surface area contributed by atoms with E-state index in [1.165, 1.54) is 12.1 Å². The number of ether oxygens (including phenoxy) is 2. The number of hydrogen-bond acceptors (Lipinski definition) is 5. The number of non-ortho nitro benzene ring substituents is 1. The summed E-state index contributed by atoms with van der Waals surface area (Å²) in [6.07, 6.45) is 3.88. The molecule has 0 aromatic heterocycles. The molecule has 2 aromatic carbocycles. The quantitative estimate of drug-likeness (QED) is 0.149. The fourth-order valence-electron chi connectivity index (χ4n) is 2.54. The van der Waals surface area contributed by atoms with Crippen molar-refractivity contribution in [3.63, 3.8) is 0 Å². The molecule has 0 aliphatic heterocycles. The number of rotatable bonds is 12. The highest BCUT2D eigenvalue weighted by molar-refractivity contribution is 5.71. The lowest BCUT2D eigenvalue weighted by Gasteiger charge is -2.24. The van der Waals surface area contributed by atoms with Crippen molar-refractivity contribution in [3.05, 3.63) is 94.1 Å². The molecule has 6 nitrogen and oxygen atoms in total. The van der Waals surface area contributed by atoms with E-state index in [4.69, 9.17) is 9.47 Å². The second kappa shape index (κ2) is 11.7. The highest BCUT2D eigenvalue weighted by Crippen LogP contribution is 2.18. The van der Waals surface area contributed by atoms with Crippen LogP contribution in [-0.4, -0.2) is 31.6 Å². The predicted molar refractivity (Wildman–Crippen MR) is 122 cm³/mol. The van der Waals surface area contributed by atoms with Gasteiger partial charge in [0, 0.05) is 17.8 Å². The molecule has 0 aliphatic carbocycles. The van der Waals surface area contributed by atoms with Gasteiger partial charge >= 0.3 is 0 Å². The molecular formula is C24H28N2O4.